The third kappa shape index (κ3) is 8.52. The van der Waals surface area contributed by atoms with Crippen LogP contribution in [0.25, 0.3) is 0 Å². The molecule has 0 spiro atoms. The van der Waals surface area contributed by atoms with Gasteiger partial charge >= 0.3 is 0 Å². The Kier molecular flexibility index (Phi) is 10.2. The van der Waals surface area contributed by atoms with Gasteiger partial charge in [-0.3, -0.25) is 24.0 Å². The maximum atomic E-state index is 13.4. The highest BCUT2D eigenvalue weighted by Gasteiger charge is 2.30. The van der Waals surface area contributed by atoms with Crippen LogP contribution in [0.2, 0.25) is 0 Å². The van der Waals surface area contributed by atoms with Crippen LogP contribution in [0.1, 0.15) is 49.0 Å². The number of hydrogen-bond donors (Lipinski definition) is 5. The van der Waals surface area contributed by atoms with Crippen molar-refractivity contribution in [2.75, 3.05) is 19.7 Å². The molecule has 2 atom stereocenters. The predicted octanol–water partition coefficient (Wildman–Crippen LogP) is 0.667. The Hall–Kier alpha value is -4.48. The molecule has 0 aliphatic carbocycles. The number of halogens is 1. The van der Waals surface area contributed by atoms with Crippen LogP contribution in [0.4, 0.5) is 4.39 Å². The van der Waals surface area contributed by atoms with E-state index < -0.39 is 53.5 Å². The van der Waals surface area contributed by atoms with Crippen molar-refractivity contribution in [1.82, 2.24) is 21.3 Å². The van der Waals surface area contributed by atoms with Crippen LogP contribution in [-0.4, -0.2) is 61.3 Å². The lowest BCUT2D eigenvalue weighted by atomic mass is 9.84. The van der Waals surface area contributed by atoms with Gasteiger partial charge in [0.05, 0.1) is 18.5 Å². The van der Waals surface area contributed by atoms with Gasteiger partial charge in [0, 0.05) is 18.4 Å². The van der Waals surface area contributed by atoms with E-state index >= 15 is 0 Å². The van der Waals surface area contributed by atoms with Crippen molar-refractivity contribution in [1.29, 1.82) is 0 Å². The van der Waals surface area contributed by atoms with Crippen LogP contribution in [-0.2, 0) is 24.6 Å². The number of nitrogens with one attached hydrogen (secondary N) is 4. The van der Waals surface area contributed by atoms with Crippen molar-refractivity contribution < 1.29 is 33.1 Å². The molecule has 2 aromatic carbocycles. The molecule has 0 radical (unpaired) electrons. The van der Waals surface area contributed by atoms with Gasteiger partial charge in [-0.2, -0.15) is 0 Å². The minimum absolute atomic E-state index is 0.0227. The van der Waals surface area contributed by atoms with E-state index in [1.165, 1.54) is 18.2 Å². The first-order valence-corrected chi connectivity index (χ1v) is 12.9. The molecule has 6 N–H and O–H groups in total. The van der Waals surface area contributed by atoms with Gasteiger partial charge < -0.3 is 31.7 Å². The van der Waals surface area contributed by atoms with Gasteiger partial charge in [-0.1, -0.05) is 38.1 Å². The molecule has 1 aliphatic heterocycles. The summed E-state index contributed by atoms with van der Waals surface area (Å²) in [5.41, 5.74) is 5.54. The van der Waals surface area contributed by atoms with Gasteiger partial charge in [0.25, 0.3) is 5.91 Å². The number of ether oxygens (including phenoxy) is 1. The fourth-order valence-electron chi connectivity index (χ4n) is 4.11. The summed E-state index contributed by atoms with van der Waals surface area (Å²) in [6.45, 7) is 3.93. The molecule has 0 saturated carbocycles. The van der Waals surface area contributed by atoms with E-state index in [4.69, 9.17) is 10.5 Å². The molecule has 214 valence electrons. The molecular weight excluding hydrogens is 521 g/mol. The lowest BCUT2D eigenvalue weighted by molar-refractivity contribution is -0.131. The zero-order chi connectivity index (χ0) is 29.3. The molecule has 0 saturated heterocycles. The van der Waals surface area contributed by atoms with Crippen LogP contribution in [0, 0.1) is 5.82 Å². The van der Waals surface area contributed by atoms with Gasteiger partial charge in [0.1, 0.15) is 30.3 Å². The van der Waals surface area contributed by atoms with Crippen molar-refractivity contribution >= 4 is 29.5 Å². The second-order valence-corrected chi connectivity index (χ2v) is 10.1. The number of para-hydroxylation sites is 1. The quantitative estimate of drug-likeness (QED) is 0.336. The maximum Gasteiger partial charge on any atom is 0.255 e. The van der Waals surface area contributed by atoms with Gasteiger partial charge in [-0.25, -0.2) is 4.39 Å². The molecule has 0 unspecified atom stereocenters. The largest absolute Gasteiger partial charge is 0.491 e. The van der Waals surface area contributed by atoms with E-state index in [0.717, 1.165) is 5.56 Å². The van der Waals surface area contributed by atoms with Crippen LogP contribution < -0.4 is 31.7 Å². The summed E-state index contributed by atoms with van der Waals surface area (Å²) in [6.07, 6.45) is -0.690. The summed E-state index contributed by atoms with van der Waals surface area (Å²) in [4.78, 5) is 63.5. The van der Waals surface area contributed by atoms with E-state index in [1.54, 1.807) is 30.3 Å². The normalized spacial score (nSPS) is 18.6. The van der Waals surface area contributed by atoms with Crippen molar-refractivity contribution in [3.05, 3.63) is 65.5 Å². The molecule has 40 heavy (non-hydrogen) atoms. The van der Waals surface area contributed by atoms with Gasteiger partial charge in [-0.15, -0.1) is 0 Å². The summed E-state index contributed by atoms with van der Waals surface area (Å²) in [5.74, 6) is -3.30. The van der Waals surface area contributed by atoms with Crippen molar-refractivity contribution in [2.45, 2.75) is 50.6 Å². The molecule has 0 bridgehead atoms. The third-order valence-electron chi connectivity index (χ3n) is 6.46. The fraction of sp³-hybridized carbons (Fsp3) is 0.393. The maximum absolute atomic E-state index is 13.4. The number of carbonyl (C=O) groups is 5. The molecular formula is C28H34FN5O6. The summed E-state index contributed by atoms with van der Waals surface area (Å²) in [7, 11) is 0. The van der Waals surface area contributed by atoms with Crippen LogP contribution >= 0.6 is 0 Å². The highest BCUT2D eigenvalue weighted by Crippen LogP contribution is 2.23. The Bertz CT molecular complexity index is 1250. The summed E-state index contributed by atoms with van der Waals surface area (Å²) in [5, 5.41) is 10.5. The summed E-state index contributed by atoms with van der Waals surface area (Å²) >= 11 is 0. The lowest BCUT2D eigenvalue weighted by Gasteiger charge is -2.27. The number of benzene rings is 2. The fourth-order valence-corrected chi connectivity index (χ4v) is 4.11. The van der Waals surface area contributed by atoms with Crippen molar-refractivity contribution in [3.63, 3.8) is 0 Å². The lowest BCUT2D eigenvalue weighted by Crippen LogP contribution is -2.53. The molecule has 11 nitrogen and oxygen atoms in total. The Balaban J connectivity index is 1.83. The monoisotopic (exact) mass is 555 g/mol. The highest BCUT2D eigenvalue weighted by atomic mass is 19.1. The smallest absolute Gasteiger partial charge is 0.255 e. The van der Waals surface area contributed by atoms with E-state index in [1.807, 2.05) is 13.8 Å². The average molecular weight is 556 g/mol. The first-order chi connectivity index (χ1) is 19.0. The van der Waals surface area contributed by atoms with Crippen LogP contribution in [0.15, 0.2) is 48.5 Å². The zero-order valence-corrected chi connectivity index (χ0v) is 22.4. The number of amides is 5. The number of fused-ring (bicyclic) bond motifs is 1. The molecule has 2 aromatic rings. The third-order valence-corrected chi connectivity index (χ3v) is 6.46. The number of rotatable bonds is 7. The SMILES string of the molecule is CC(C)(CNC(=O)[C@@H]1CC(=O)N[C@@H](CCC(N)=O)C(=O)NCCOc2ccccc2C(=O)N1)c1ccc(F)cc1. The van der Waals surface area contributed by atoms with Gasteiger partial charge in [-0.05, 0) is 36.2 Å². The Morgan fingerprint density at radius 3 is 2.48 bits per heavy atom. The van der Waals surface area contributed by atoms with Gasteiger partial charge in [0.15, 0.2) is 0 Å². The highest BCUT2D eigenvalue weighted by molar-refractivity contribution is 6.01. The molecule has 5 amide bonds. The van der Waals surface area contributed by atoms with E-state index in [0.29, 0.717) is 0 Å². The predicted molar refractivity (Wildman–Crippen MR) is 144 cm³/mol. The molecule has 1 aliphatic rings. The number of hydrogen-bond acceptors (Lipinski definition) is 6. The van der Waals surface area contributed by atoms with Crippen molar-refractivity contribution in [3.8, 4) is 5.75 Å². The second-order valence-electron chi connectivity index (χ2n) is 10.1. The number of nitrogens with two attached hydrogens (primary N) is 1. The zero-order valence-electron chi connectivity index (χ0n) is 22.4. The molecule has 3 rings (SSSR count). The topological polar surface area (TPSA) is 169 Å². The van der Waals surface area contributed by atoms with E-state index in [2.05, 4.69) is 21.3 Å². The van der Waals surface area contributed by atoms with E-state index in [-0.39, 0.29) is 49.7 Å². The van der Waals surface area contributed by atoms with Gasteiger partial charge in [0.2, 0.25) is 23.6 Å². The molecule has 0 aromatic heterocycles. The summed E-state index contributed by atoms with van der Waals surface area (Å²) < 4.78 is 19.1. The van der Waals surface area contributed by atoms with E-state index in [9.17, 15) is 28.4 Å². The Morgan fingerprint density at radius 1 is 1.07 bits per heavy atom. The minimum atomic E-state index is -1.31. The Morgan fingerprint density at radius 2 is 1.77 bits per heavy atom. The molecule has 0 fully saturated rings. The van der Waals surface area contributed by atoms with Crippen LogP contribution in [0.5, 0.6) is 5.75 Å². The van der Waals surface area contributed by atoms with Crippen molar-refractivity contribution in [2.24, 2.45) is 5.73 Å². The summed E-state index contributed by atoms with van der Waals surface area (Å²) in [6, 6.07) is 9.87. The Labute approximate surface area is 231 Å². The van der Waals surface area contributed by atoms with Crippen LogP contribution in [0.3, 0.4) is 0 Å². The first-order valence-electron chi connectivity index (χ1n) is 12.9. The number of primary amides is 1. The average Bonchev–Trinajstić information content (AvgIpc) is 2.91. The first kappa shape index (κ1) is 30.1. The number of carbonyl (C=O) groups excluding carboxylic acids is 5. The standard InChI is InChI=1S/C28H34FN5O6/c1-28(2,17-7-9-18(29)10-8-17)16-32-27(39)21-15-24(36)33-20(11-12-23(30)35)26(38)31-13-14-40-22-6-4-3-5-19(22)25(37)34-21/h3-10,20-21H,11-16H2,1-2H3,(H2,30,35)(H,31,38)(H,32,39)(H,33,36)(H,34,37)/t20-,21-/m0/s1. The minimum Gasteiger partial charge on any atom is -0.491 e. The molecule has 1 heterocycles. The molecule has 12 heteroatoms. The second kappa shape index (κ2) is 13.5.